The van der Waals surface area contributed by atoms with Crippen LogP contribution in [-0.2, 0) is 4.79 Å². The highest BCUT2D eigenvalue weighted by Gasteiger charge is 2.30. The van der Waals surface area contributed by atoms with Gasteiger partial charge in [-0.05, 0) is 46.3 Å². The summed E-state index contributed by atoms with van der Waals surface area (Å²) >= 11 is 7.15. The summed E-state index contributed by atoms with van der Waals surface area (Å²) in [4.78, 5) is 25.0. The van der Waals surface area contributed by atoms with Gasteiger partial charge in [0.1, 0.15) is 5.75 Å². The molecule has 0 spiro atoms. The van der Waals surface area contributed by atoms with Crippen LogP contribution in [0, 0.1) is 0 Å². The number of hydrogen-bond acceptors (Lipinski definition) is 5. The molecule has 9 heteroatoms. The van der Waals surface area contributed by atoms with Crippen molar-refractivity contribution in [2.75, 3.05) is 12.4 Å². The summed E-state index contributed by atoms with van der Waals surface area (Å²) in [5.41, 5.74) is 0.652. The Morgan fingerprint density at radius 1 is 1.32 bits per heavy atom. The molecule has 28 heavy (non-hydrogen) atoms. The molecule has 146 valence electrons. The fraction of sp³-hybridized carbons (Fsp3) is 0.211. The van der Waals surface area contributed by atoms with Gasteiger partial charge in [0, 0.05) is 17.2 Å². The van der Waals surface area contributed by atoms with E-state index in [2.05, 4.69) is 10.6 Å². The number of methoxy groups -OCH3 is 1. The van der Waals surface area contributed by atoms with Gasteiger partial charge in [-0.3, -0.25) is 9.32 Å². The van der Waals surface area contributed by atoms with Crippen LogP contribution in [0.15, 0.2) is 62.9 Å². The van der Waals surface area contributed by atoms with Crippen LogP contribution in [0.3, 0.4) is 0 Å². The van der Waals surface area contributed by atoms with Gasteiger partial charge in [0.25, 0.3) is 0 Å². The van der Waals surface area contributed by atoms with Crippen molar-refractivity contribution >= 4 is 35.0 Å². The van der Waals surface area contributed by atoms with Gasteiger partial charge in [-0.1, -0.05) is 36.7 Å². The molecule has 0 aliphatic heterocycles. The molecule has 1 aromatic heterocycles. The lowest BCUT2D eigenvalue weighted by molar-refractivity contribution is -0.704. The van der Waals surface area contributed by atoms with E-state index in [1.54, 1.807) is 18.2 Å². The lowest BCUT2D eigenvalue weighted by Gasteiger charge is -2.14. The van der Waals surface area contributed by atoms with Gasteiger partial charge in [-0.25, -0.2) is 4.79 Å². The first-order chi connectivity index (χ1) is 13.5. The van der Waals surface area contributed by atoms with E-state index in [0.29, 0.717) is 22.9 Å². The Morgan fingerprint density at radius 3 is 2.75 bits per heavy atom. The van der Waals surface area contributed by atoms with Crippen molar-refractivity contribution in [3.8, 4) is 11.4 Å². The SMILES string of the molecule is CCC(Sc1c(=O)o[nH][n+]1-c1ccccc1)C(=O)Nc1cc(Cl)ccc1OC. The van der Waals surface area contributed by atoms with E-state index in [1.165, 1.54) is 11.8 Å². The number of amides is 1. The van der Waals surface area contributed by atoms with Crippen molar-refractivity contribution in [3.63, 3.8) is 0 Å². The lowest BCUT2D eigenvalue weighted by atomic mass is 10.2. The average Bonchev–Trinajstić information content (AvgIpc) is 3.07. The predicted molar refractivity (Wildman–Crippen MR) is 107 cm³/mol. The number of hydrogen-bond donors (Lipinski definition) is 2. The normalized spacial score (nSPS) is 11.8. The Kier molecular flexibility index (Phi) is 6.43. The van der Waals surface area contributed by atoms with Crippen LogP contribution in [0.4, 0.5) is 5.69 Å². The largest absolute Gasteiger partial charge is 0.495 e. The Morgan fingerprint density at radius 2 is 2.07 bits per heavy atom. The highest BCUT2D eigenvalue weighted by atomic mass is 35.5. The van der Waals surface area contributed by atoms with Crippen molar-refractivity contribution in [2.24, 2.45) is 0 Å². The van der Waals surface area contributed by atoms with Crippen molar-refractivity contribution in [1.29, 1.82) is 0 Å². The minimum atomic E-state index is -0.541. The number of nitrogens with one attached hydrogen (secondary N) is 2. The zero-order chi connectivity index (χ0) is 20.1. The van der Waals surface area contributed by atoms with Crippen LogP contribution >= 0.6 is 23.4 Å². The summed E-state index contributed by atoms with van der Waals surface area (Å²) in [7, 11) is 1.51. The molecule has 0 radical (unpaired) electrons. The molecular formula is C19H19ClN3O4S+. The van der Waals surface area contributed by atoms with Gasteiger partial charge < -0.3 is 10.1 Å². The van der Waals surface area contributed by atoms with Crippen LogP contribution in [0.5, 0.6) is 5.75 Å². The Bertz CT molecular complexity index is 1020. The summed E-state index contributed by atoms with van der Waals surface area (Å²) in [5.74, 6) is 0.228. The summed E-state index contributed by atoms with van der Waals surface area (Å²) in [6.45, 7) is 1.87. The number of halogens is 1. The minimum Gasteiger partial charge on any atom is -0.495 e. The van der Waals surface area contributed by atoms with Gasteiger partial charge in [-0.2, -0.15) is 0 Å². The topological polar surface area (TPSA) is 88.2 Å². The molecule has 1 unspecified atom stereocenters. The first-order valence-electron chi connectivity index (χ1n) is 8.53. The minimum absolute atomic E-state index is 0.270. The number of thioether (sulfide) groups is 1. The van der Waals surface area contributed by atoms with Crippen LogP contribution < -0.4 is 20.4 Å². The number of anilines is 1. The number of aromatic amines is 1. The molecule has 0 aliphatic rings. The van der Waals surface area contributed by atoms with E-state index in [1.807, 2.05) is 37.3 Å². The number of ether oxygens (including phenoxy) is 1. The molecule has 3 rings (SSSR count). The standard InChI is InChI=1S/C19H18ClN3O4S/c1-3-16(17(24)21-14-11-12(20)9-10-15(14)26-2)28-18-19(25)27-22-23(18)13-7-5-4-6-8-13/h4-11,16H,3H2,1-2H3,(H-,21,22,24,25)/p+1. The molecule has 0 bridgehead atoms. The number of H-pyrrole nitrogens is 1. The van der Waals surface area contributed by atoms with E-state index in [4.69, 9.17) is 20.9 Å². The zero-order valence-electron chi connectivity index (χ0n) is 15.3. The van der Waals surface area contributed by atoms with Crippen LogP contribution in [0.2, 0.25) is 5.02 Å². The monoisotopic (exact) mass is 420 g/mol. The maximum absolute atomic E-state index is 12.8. The lowest BCUT2D eigenvalue weighted by Crippen LogP contribution is -2.37. The summed E-state index contributed by atoms with van der Waals surface area (Å²) in [6.07, 6.45) is 0.499. The Labute approximate surface area is 170 Å². The van der Waals surface area contributed by atoms with E-state index >= 15 is 0 Å². The number of benzene rings is 2. The van der Waals surface area contributed by atoms with Gasteiger partial charge in [0.2, 0.25) is 11.6 Å². The second kappa shape index (κ2) is 8.99. The number of carbonyl (C=O) groups excluding carboxylic acids is 1. The summed E-state index contributed by atoms with van der Waals surface area (Å²) < 4.78 is 11.7. The molecule has 3 aromatic rings. The predicted octanol–water partition coefficient (Wildman–Crippen LogP) is 3.42. The molecule has 1 heterocycles. The molecule has 2 aromatic carbocycles. The third kappa shape index (κ3) is 4.40. The first-order valence-corrected chi connectivity index (χ1v) is 9.79. The van der Waals surface area contributed by atoms with Gasteiger partial charge in [0.15, 0.2) is 0 Å². The molecular weight excluding hydrogens is 402 g/mol. The molecule has 1 atom stereocenters. The third-order valence-corrected chi connectivity index (χ3v) is 5.60. The Hall–Kier alpha value is -2.71. The fourth-order valence-corrected chi connectivity index (χ4v) is 3.72. The molecule has 0 saturated carbocycles. The molecule has 2 N–H and O–H groups in total. The van der Waals surface area contributed by atoms with Crippen LogP contribution in [0.25, 0.3) is 5.69 Å². The number of rotatable bonds is 7. The summed E-state index contributed by atoms with van der Waals surface area (Å²) in [6, 6.07) is 14.2. The number of para-hydroxylation sites is 1. The van der Waals surface area contributed by atoms with Crippen LogP contribution in [-0.4, -0.2) is 23.5 Å². The van der Waals surface area contributed by atoms with Crippen molar-refractivity contribution in [3.05, 3.63) is 64.0 Å². The van der Waals surface area contributed by atoms with E-state index in [9.17, 15) is 9.59 Å². The van der Waals surface area contributed by atoms with Gasteiger partial charge >= 0.3 is 10.7 Å². The fourth-order valence-electron chi connectivity index (χ4n) is 2.56. The van der Waals surface area contributed by atoms with Gasteiger partial charge in [-0.15, -0.1) is 0 Å². The highest BCUT2D eigenvalue weighted by molar-refractivity contribution is 8.00. The van der Waals surface area contributed by atoms with E-state index < -0.39 is 10.9 Å². The zero-order valence-corrected chi connectivity index (χ0v) is 16.8. The Balaban J connectivity index is 1.84. The number of aromatic nitrogens is 2. The second-order valence-corrected chi connectivity index (χ2v) is 7.43. The summed E-state index contributed by atoms with van der Waals surface area (Å²) in [5, 5.41) is 5.63. The molecule has 1 amide bonds. The molecule has 0 fully saturated rings. The van der Waals surface area contributed by atoms with Crippen molar-refractivity contribution in [1.82, 2.24) is 5.27 Å². The quantitative estimate of drug-likeness (QED) is 0.451. The first kappa shape index (κ1) is 20.0. The molecule has 7 nitrogen and oxygen atoms in total. The maximum Gasteiger partial charge on any atom is 0.442 e. The van der Waals surface area contributed by atoms with E-state index in [0.717, 1.165) is 17.4 Å². The second-order valence-electron chi connectivity index (χ2n) is 5.81. The highest BCUT2D eigenvalue weighted by Crippen LogP contribution is 2.29. The maximum atomic E-state index is 12.8. The molecule has 0 aliphatic carbocycles. The molecule has 0 saturated heterocycles. The van der Waals surface area contributed by atoms with Crippen LogP contribution in [0.1, 0.15) is 13.3 Å². The average molecular weight is 421 g/mol. The number of nitrogens with zero attached hydrogens (tertiary/aromatic N) is 1. The van der Waals surface area contributed by atoms with Crippen molar-refractivity contribution in [2.45, 2.75) is 23.6 Å². The third-order valence-electron chi connectivity index (χ3n) is 3.96. The van der Waals surface area contributed by atoms with Crippen molar-refractivity contribution < 1.29 is 18.7 Å². The van der Waals surface area contributed by atoms with Gasteiger partial charge in [0.05, 0.1) is 18.0 Å². The number of carbonyl (C=O) groups is 1. The van der Waals surface area contributed by atoms with E-state index in [-0.39, 0.29) is 10.9 Å². The smallest absolute Gasteiger partial charge is 0.442 e.